The summed E-state index contributed by atoms with van der Waals surface area (Å²) in [6.45, 7) is 9.11. The zero-order valence-electron chi connectivity index (χ0n) is 20.9. The highest BCUT2D eigenvalue weighted by Gasteiger charge is 2.18. The van der Waals surface area contributed by atoms with Crippen LogP contribution in [0, 0.1) is 0 Å². The van der Waals surface area contributed by atoms with Gasteiger partial charge in [-0.3, -0.25) is 4.79 Å². The highest BCUT2D eigenvalue weighted by Crippen LogP contribution is 2.18. The third-order valence-electron chi connectivity index (χ3n) is 6.43. The van der Waals surface area contributed by atoms with Crippen molar-refractivity contribution in [2.24, 2.45) is 0 Å². The van der Waals surface area contributed by atoms with Gasteiger partial charge in [0, 0.05) is 12.5 Å². The Morgan fingerprint density at radius 3 is 1.37 bits per heavy atom. The molecule has 0 aromatic heterocycles. The molecule has 1 atom stereocenters. The minimum Gasteiger partial charge on any atom is -0.481 e. The minimum atomic E-state index is -0.643. The normalized spacial score (nSPS) is 12.5. The predicted molar refractivity (Wildman–Crippen MR) is 132 cm³/mol. The monoisotopic (exact) mass is 425 g/mol. The van der Waals surface area contributed by atoms with Crippen LogP contribution in [0.1, 0.15) is 149 Å². The summed E-state index contributed by atoms with van der Waals surface area (Å²) in [6, 6.07) is 0.459. The Kier molecular flexibility index (Phi) is 22.7. The molecular formula is C27H55NO2. The van der Waals surface area contributed by atoms with Gasteiger partial charge in [-0.15, -0.1) is 0 Å². The average molecular weight is 426 g/mol. The van der Waals surface area contributed by atoms with Crippen LogP contribution in [-0.2, 0) is 4.79 Å². The van der Waals surface area contributed by atoms with Crippen LogP contribution in [0.4, 0.5) is 0 Å². The van der Waals surface area contributed by atoms with E-state index in [1.165, 1.54) is 103 Å². The van der Waals surface area contributed by atoms with E-state index in [0.717, 1.165) is 32.4 Å². The summed E-state index contributed by atoms with van der Waals surface area (Å²) in [6.07, 6.45) is 25.1. The Morgan fingerprint density at radius 2 is 1.00 bits per heavy atom. The van der Waals surface area contributed by atoms with E-state index < -0.39 is 5.97 Å². The number of carbonyl (C=O) groups is 1. The van der Waals surface area contributed by atoms with Gasteiger partial charge in [0.15, 0.2) is 0 Å². The van der Waals surface area contributed by atoms with Crippen molar-refractivity contribution < 1.29 is 9.90 Å². The van der Waals surface area contributed by atoms with Gasteiger partial charge in [-0.2, -0.15) is 0 Å². The fourth-order valence-electron chi connectivity index (χ4n) is 4.51. The van der Waals surface area contributed by atoms with E-state index >= 15 is 0 Å². The molecule has 0 saturated heterocycles. The second kappa shape index (κ2) is 23.1. The van der Waals surface area contributed by atoms with Crippen molar-refractivity contribution in [1.82, 2.24) is 4.90 Å². The molecule has 1 unspecified atom stereocenters. The Labute approximate surface area is 189 Å². The first-order chi connectivity index (χ1) is 14.7. The van der Waals surface area contributed by atoms with Crippen LogP contribution in [0.2, 0.25) is 0 Å². The molecule has 0 aliphatic heterocycles. The Morgan fingerprint density at radius 1 is 0.600 bits per heavy atom. The molecule has 0 amide bonds. The summed E-state index contributed by atoms with van der Waals surface area (Å²) in [5.74, 6) is -0.643. The molecule has 0 aliphatic carbocycles. The molecule has 0 bridgehead atoms. The average Bonchev–Trinajstić information content (AvgIpc) is 2.73. The lowest BCUT2D eigenvalue weighted by molar-refractivity contribution is -0.137. The molecule has 1 N–H and O–H groups in total. The highest BCUT2D eigenvalue weighted by atomic mass is 16.4. The lowest BCUT2D eigenvalue weighted by Crippen LogP contribution is -2.37. The van der Waals surface area contributed by atoms with E-state index in [1.54, 1.807) is 0 Å². The van der Waals surface area contributed by atoms with Gasteiger partial charge in [0.05, 0.1) is 0 Å². The van der Waals surface area contributed by atoms with E-state index in [0.29, 0.717) is 12.5 Å². The molecule has 30 heavy (non-hydrogen) atoms. The Bertz CT molecular complexity index is 339. The van der Waals surface area contributed by atoms with E-state index in [-0.39, 0.29) is 0 Å². The number of carboxylic acids is 1. The molecule has 0 aromatic rings. The molecule has 3 heteroatoms. The van der Waals surface area contributed by atoms with Gasteiger partial charge in [0.25, 0.3) is 0 Å². The molecule has 0 aromatic carbocycles. The van der Waals surface area contributed by atoms with Crippen LogP contribution in [0.3, 0.4) is 0 Å². The largest absolute Gasteiger partial charge is 0.481 e. The number of aliphatic carboxylic acids is 1. The second-order valence-corrected chi connectivity index (χ2v) is 9.36. The molecular weight excluding hydrogens is 370 g/mol. The van der Waals surface area contributed by atoms with Crippen molar-refractivity contribution in [2.75, 3.05) is 13.1 Å². The topological polar surface area (TPSA) is 40.5 Å². The molecule has 3 nitrogen and oxygen atoms in total. The SMILES string of the molecule is CCCCCCCCCCN(CCCCCCCCCC)C(CCC)CCC(=O)O. The summed E-state index contributed by atoms with van der Waals surface area (Å²) in [5.41, 5.74) is 0. The quantitative estimate of drug-likeness (QED) is 0.157. The molecule has 0 fully saturated rings. The Hall–Kier alpha value is -0.570. The van der Waals surface area contributed by atoms with Crippen molar-refractivity contribution in [3.63, 3.8) is 0 Å². The highest BCUT2D eigenvalue weighted by molar-refractivity contribution is 5.66. The van der Waals surface area contributed by atoms with Gasteiger partial charge in [-0.25, -0.2) is 0 Å². The van der Waals surface area contributed by atoms with E-state index in [4.69, 9.17) is 5.11 Å². The van der Waals surface area contributed by atoms with Crippen LogP contribution in [0.25, 0.3) is 0 Å². The van der Waals surface area contributed by atoms with Gasteiger partial charge in [0.1, 0.15) is 0 Å². The number of hydrogen-bond donors (Lipinski definition) is 1. The lowest BCUT2D eigenvalue weighted by Gasteiger charge is -2.32. The standard InChI is InChI=1S/C27H55NO2/c1-4-7-9-11-13-15-17-19-24-28(26(21-6-3)22-23-27(29)30)25-20-18-16-14-12-10-8-5-2/h26H,4-25H2,1-3H3,(H,29,30). The predicted octanol–water partition coefficient (Wildman–Crippen LogP) is 8.60. The fraction of sp³-hybridized carbons (Fsp3) is 0.963. The number of unbranched alkanes of at least 4 members (excludes halogenated alkanes) is 14. The maximum Gasteiger partial charge on any atom is 0.303 e. The molecule has 0 spiro atoms. The van der Waals surface area contributed by atoms with Gasteiger partial charge in [0.2, 0.25) is 0 Å². The molecule has 0 radical (unpaired) electrons. The van der Waals surface area contributed by atoms with Crippen LogP contribution in [0.15, 0.2) is 0 Å². The van der Waals surface area contributed by atoms with E-state index in [9.17, 15) is 4.79 Å². The van der Waals surface area contributed by atoms with Gasteiger partial charge in [-0.1, -0.05) is 117 Å². The minimum absolute atomic E-state index is 0.315. The van der Waals surface area contributed by atoms with Gasteiger partial charge in [-0.05, 0) is 38.8 Å². The third kappa shape index (κ3) is 19.4. The summed E-state index contributed by atoms with van der Waals surface area (Å²) in [5, 5.41) is 9.16. The fourth-order valence-corrected chi connectivity index (χ4v) is 4.51. The first-order valence-electron chi connectivity index (χ1n) is 13.6. The number of rotatable bonds is 24. The first-order valence-corrected chi connectivity index (χ1v) is 13.6. The van der Waals surface area contributed by atoms with E-state index in [1.807, 2.05) is 0 Å². The Balaban J connectivity index is 4.26. The van der Waals surface area contributed by atoms with Crippen molar-refractivity contribution in [1.29, 1.82) is 0 Å². The first kappa shape index (κ1) is 29.4. The number of hydrogen-bond acceptors (Lipinski definition) is 2. The summed E-state index contributed by atoms with van der Waals surface area (Å²) < 4.78 is 0. The van der Waals surface area contributed by atoms with Crippen molar-refractivity contribution in [2.45, 2.75) is 155 Å². The maximum absolute atomic E-state index is 11.1. The molecule has 0 rings (SSSR count). The molecule has 0 heterocycles. The summed E-state index contributed by atoms with van der Waals surface area (Å²) in [4.78, 5) is 13.8. The van der Waals surface area contributed by atoms with Gasteiger partial charge < -0.3 is 10.0 Å². The van der Waals surface area contributed by atoms with Crippen LogP contribution < -0.4 is 0 Å². The zero-order chi connectivity index (χ0) is 22.3. The summed E-state index contributed by atoms with van der Waals surface area (Å²) in [7, 11) is 0. The van der Waals surface area contributed by atoms with Crippen LogP contribution in [-0.4, -0.2) is 35.1 Å². The zero-order valence-corrected chi connectivity index (χ0v) is 20.9. The molecule has 0 aliphatic rings. The van der Waals surface area contributed by atoms with Crippen LogP contribution >= 0.6 is 0 Å². The smallest absolute Gasteiger partial charge is 0.303 e. The maximum atomic E-state index is 11.1. The molecule has 180 valence electrons. The molecule has 0 saturated carbocycles. The van der Waals surface area contributed by atoms with Crippen molar-refractivity contribution in [3.05, 3.63) is 0 Å². The third-order valence-corrected chi connectivity index (χ3v) is 6.43. The van der Waals surface area contributed by atoms with Crippen molar-refractivity contribution in [3.8, 4) is 0 Å². The van der Waals surface area contributed by atoms with Crippen LogP contribution in [0.5, 0.6) is 0 Å². The summed E-state index contributed by atoms with van der Waals surface area (Å²) >= 11 is 0. The lowest BCUT2D eigenvalue weighted by atomic mass is 10.0. The number of carboxylic acid groups (broad SMARTS) is 1. The number of nitrogens with zero attached hydrogens (tertiary/aromatic N) is 1. The van der Waals surface area contributed by atoms with Crippen molar-refractivity contribution >= 4 is 5.97 Å². The van der Waals surface area contributed by atoms with Gasteiger partial charge >= 0.3 is 5.97 Å². The van der Waals surface area contributed by atoms with E-state index in [2.05, 4.69) is 25.7 Å². The second-order valence-electron chi connectivity index (χ2n) is 9.36.